The molecule has 0 saturated carbocycles. The molecule has 6 heteroatoms. The van der Waals surface area contributed by atoms with Crippen LogP contribution in [0, 0.1) is 5.92 Å². The van der Waals surface area contributed by atoms with Gasteiger partial charge in [-0.05, 0) is 35.1 Å². The summed E-state index contributed by atoms with van der Waals surface area (Å²) >= 11 is 7.45. The Labute approximate surface area is 150 Å². The van der Waals surface area contributed by atoms with E-state index in [9.17, 15) is 9.59 Å². The minimum atomic E-state index is -0.424. The van der Waals surface area contributed by atoms with Crippen LogP contribution in [0.15, 0.2) is 41.8 Å². The molecule has 0 bridgehead atoms. The summed E-state index contributed by atoms with van der Waals surface area (Å²) in [6, 6.07) is 11.0. The van der Waals surface area contributed by atoms with E-state index < -0.39 is 11.9 Å². The molecule has 1 atom stereocenters. The molecule has 0 aliphatic rings. The van der Waals surface area contributed by atoms with E-state index in [0.29, 0.717) is 11.6 Å². The van der Waals surface area contributed by atoms with Crippen molar-refractivity contribution in [1.29, 1.82) is 0 Å². The van der Waals surface area contributed by atoms with Crippen LogP contribution in [0.2, 0.25) is 5.02 Å². The van der Waals surface area contributed by atoms with Crippen LogP contribution in [0.5, 0.6) is 0 Å². The fourth-order valence-electron chi connectivity index (χ4n) is 2.34. The van der Waals surface area contributed by atoms with Gasteiger partial charge < -0.3 is 10.1 Å². The zero-order valence-electron chi connectivity index (χ0n) is 13.6. The maximum atomic E-state index is 12.4. The number of rotatable bonds is 7. The number of thiophene rings is 1. The van der Waals surface area contributed by atoms with Gasteiger partial charge in [-0.15, -0.1) is 11.3 Å². The van der Waals surface area contributed by atoms with E-state index in [4.69, 9.17) is 16.3 Å². The second kappa shape index (κ2) is 8.85. The zero-order chi connectivity index (χ0) is 17.5. The number of hydrogen-bond donors (Lipinski definition) is 1. The van der Waals surface area contributed by atoms with Gasteiger partial charge in [0, 0.05) is 9.90 Å². The van der Waals surface area contributed by atoms with E-state index >= 15 is 0 Å². The molecule has 0 aliphatic heterocycles. The highest BCUT2D eigenvalue weighted by Gasteiger charge is 2.26. The van der Waals surface area contributed by atoms with Gasteiger partial charge in [0.25, 0.3) is 5.91 Å². The number of benzene rings is 1. The van der Waals surface area contributed by atoms with Crippen molar-refractivity contribution < 1.29 is 14.3 Å². The smallest absolute Gasteiger partial charge is 0.314 e. The highest BCUT2D eigenvalue weighted by atomic mass is 35.5. The van der Waals surface area contributed by atoms with Gasteiger partial charge in [0.1, 0.15) is 0 Å². The Hall–Kier alpha value is -1.85. The monoisotopic (exact) mass is 365 g/mol. The highest BCUT2D eigenvalue weighted by molar-refractivity contribution is 7.09. The summed E-state index contributed by atoms with van der Waals surface area (Å²) in [5.74, 6) is -1.09. The van der Waals surface area contributed by atoms with Gasteiger partial charge in [-0.25, -0.2) is 0 Å². The van der Waals surface area contributed by atoms with Gasteiger partial charge in [0.05, 0.1) is 12.5 Å². The summed E-state index contributed by atoms with van der Waals surface area (Å²) in [5.41, 5.74) is 0.832. The first-order valence-corrected chi connectivity index (χ1v) is 8.94. The third kappa shape index (κ3) is 5.35. The van der Waals surface area contributed by atoms with Gasteiger partial charge in [0.15, 0.2) is 6.61 Å². The molecule has 24 heavy (non-hydrogen) atoms. The Morgan fingerprint density at radius 1 is 1.21 bits per heavy atom. The topological polar surface area (TPSA) is 55.4 Å². The van der Waals surface area contributed by atoms with Gasteiger partial charge in [-0.2, -0.15) is 0 Å². The van der Waals surface area contributed by atoms with Crippen LogP contribution in [-0.4, -0.2) is 18.5 Å². The lowest BCUT2D eigenvalue weighted by Gasteiger charge is -2.19. The predicted octanol–water partition coefficient (Wildman–Crippen LogP) is 4.00. The third-order valence-corrected chi connectivity index (χ3v) is 4.66. The summed E-state index contributed by atoms with van der Waals surface area (Å²) in [4.78, 5) is 25.2. The van der Waals surface area contributed by atoms with E-state index in [2.05, 4.69) is 5.32 Å². The number of hydrogen-bond acceptors (Lipinski definition) is 4. The van der Waals surface area contributed by atoms with Crippen LogP contribution in [0.3, 0.4) is 0 Å². The number of carbonyl (C=O) groups excluding carboxylic acids is 2. The molecule has 1 aromatic carbocycles. The molecule has 0 saturated heterocycles. The van der Waals surface area contributed by atoms with Gasteiger partial charge in [-0.3, -0.25) is 9.59 Å². The van der Waals surface area contributed by atoms with E-state index in [1.54, 1.807) is 23.5 Å². The van der Waals surface area contributed by atoms with E-state index in [1.807, 2.05) is 43.5 Å². The number of amides is 1. The quantitative estimate of drug-likeness (QED) is 0.754. The molecule has 0 fully saturated rings. The van der Waals surface area contributed by atoms with Gasteiger partial charge in [0.2, 0.25) is 0 Å². The third-order valence-electron chi connectivity index (χ3n) is 3.54. The number of halogens is 1. The molecule has 0 radical (unpaired) electrons. The summed E-state index contributed by atoms with van der Waals surface area (Å²) in [5, 5.41) is 5.29. The fourth-order valence-corrected chi connectivity index (χ4v) is 3.11. The van der Waals surface area contributed by atoms with Crippen molar-refractivity contribution in [1.82, 2.24) is 5.32 Å². The molecule has 0 unspecified atom stereocenters. The lowest BCUT2D eigenvalue weighted by Crippen LogP contribution is -2.30. The van der Waals surface area contributed by atoms with Crippen LogP contribution in [-0.2, 0) is 20.9 Å². The average Bonchev–Trinajstić information content (AvgIpc) is 3.06. The van der Waals surface area contributed by atoms with Crippen molar-refractivity contribution in [3.05, 3.63) is 57.2 Å². The number of nitrogens with one attached hydrogen (secondary N) is 1. The van der Waals surface area contributed by atoms with Crippen molar-refractivity contribution in [3.8, 4) is 0 Å². The van der Waals surface area contributed by atoms with Gasteiger partial charge in [-0.1, -0.05) is 43.6 Å². The fraction of sp³-hybridized carbons (Fsp3) is 0.333. The molecule has 2 rings (SSSR count). The molecular formula is C18H20ClNO3S. The van der Waals surface area contributed by atoms with Crippen LogP contribution in [0.1, 0.15) is 30.2 Å². The minimum Gasteiger partial charge on any atom is -0.455 e. The molecule has 128 valence electrons. The van der Waals surface area contributed by atoms with Crippen molar-refractivity contribution in [2.45, 2.75) is 26.3 Å². The molecule has 0 spiro atoms. The first kappa shape index (κ1) is 18.5. The Morgan fingerprint density at radius 3 is 2.50 bits per heavy atom. The largest absolute Gasteiger partial charge is 0.455 e. The van der Waals surface area contributed by atoms with Crippen molar-refractivity contribution in [2.24, 2.45) is 5.92 Å². The summed E-state index contributed by atoms with van der Waals surface area (Å²) < 4.78 is 5.20. The SMILES string of the molecule is CC(C)[C@H](C(=O)OCC(=O)NCc1cccs1)c1ccc(Cl)cc1. The number of ether oxygens (including phenoxy) is 1. The van der Waals surface area contributed by atoms with Crippen LogP contribution in [0.4, 0.5) is 0 Å². The maximum absolute atomic E-state index is 12.4. The second-order valence-corrected chi connectivity index (χ2v) is 7.21. The molecule has 1 N–H and O–H groups in total. The molecular weight excluding hydrogens is 346 g/mol. The van der Waals surface area contributed by atoms with E-state index in [0.717, 1.165) is 10.4 Å². The first-order valence-electron chi connectivity index (χ1n) is 7.68. The molecule has 1 heterocycles. The standard InChI is InChI=1S/C18H20ClNO3S/c1-12(2)17(13-5-7-14(19)8-6-13)18(22)23-11-16(21)20-10-15-4-3-9-24-15/h3-9,12,17H,10-11H2,1-2H3,(H,20,21)/t17-/m0/s1. The van der Waals surface area contributed by atoms with Crippen LogP contribution in [0.25, 0.3) is 0 Å². The summed E-state index contributed by atoms with van der Waals surface area (Å²) in [6.07, 6.45) is 0. The molecule has 0 aliphatic carbocycles. The normalized spacial score (nSPS) is 12.0. The van der Waals surface area contributed by atoms with Crippen molar-refractivity contribution in [3.63, 3.8) is 0 Å². The number of esters is 1. The molecule has 4 nitrogen and oxygen atoms in total. The lowest BCUT2D eigenvalue weighted by molar-refractivity contribution is -0.151. The molecule has 2 aromatic rings. The zero-order valence-corrected chi connectivity index (χ0v) is 15.2. The summed E-state index contributed by atoms with van der Waals surface area (Å²) in [6.45, 7) is 4.05. The Morgan fingerprint density at radius 2 is 1.92 bits per heavy atom. The maximum Gasteiger partial charge on any atom is 0.314 e. The molecule has 1 amide bonds. The van der Waals surface area contributed by atoms with Crippen molar-refractivity contribution in [2.75, 3.05) is 6.61 Å². The number of carbonyl (C=O) groups is 2. The Bertz CT molecular complexity index is 668. The van der Waals surface area contributed by atoms with E-state index in [1.165, 1.54) is 0 Å². The predicted molar refractivity (Wildman–Crippen MR) is 96.2 cm³/mol. The lowest BCUT2D eigenvalue weighted by atomic mass is 9.88. The Kier molecular flexibility index (Phi) is 6.82. The second-order valence-electron chi connectivity index (χ2n) is 5.74. The molecule has 1 aromatic heterocycles. The minimum absolute atomic E-state index is 0.0489. The van der Waals surface area contributed by atoms with Crippen molar-refractivity contribution >= 4 is 34.8 Å². The Balaban J connectivity index is 1.88. The summed E-state index contributed by atoms with van der Waals surface area (Å²) in [7, 11) is 0. The van der Waals surface area contributed by atoms with Crippen LogP contribution < -0.4 is 5.32 Å². The van der Waals surface area contributed by atoms with Crippen LogP contribution >= 0.6 is 22.9 Å². The van der Waals surface area contributed by atoms with E-state index in [-0.39, 0.29) is 18.4 Å². The highest BCUT2D eigenvalue weighted by Crippen LogP contribution is 2.27. The first-order chi connectivity index (χ1) is 11.5. The average molecular weight is 366 g/mol. The van der Waals surface area contributed by atoms with Gasteiger partial charge >= 0.3 is 5.97 Å².